The second-order valence-corrected chi connectivity index (χ2v) is 9.22. The van der Waals surface area contributed by atoms with Gasteiger partial charge in [-0.2, -0.15) is 0 Å². The number of hydrogen-bond acceptors (Lipinski definition) is 4. The molecule has 8 heteroatoms. The molecule has 158 valence electrons. The van der Waals surface area contributed by atoms with Crippen LogP contribution in [-0.4, -0.2) is 39.8 Å². The number of ether oxygens (including phenoxy) is 1. The van der Waals surface area contributed by atoms with Gasteiger partial charge in [0.15, 0.2) is 0 Å². The predicted octanol–water partition coefficient (Wildman–Crippen LogP) is 3.70. The second-order valence-electron chi connectivity index (χ2n) is 6.92. The highest BCUT2D eigenvalue weighted by Gasteiger charge is 2.31. The molecule has 0 aliphatic rings. The van der Waals surface area contributed by atoms with E-state index >= 15 is 0 Å². The lowest BCUT2D eigenvalue weighted by molar-refractivity contribution is -0.122. The zero-order valence-electron chi connectivity index (χ0n) is 17.1. The minimum atomic E-state index is -3.67. The maximum absolute atomic E-state index is 12.7. The van der Waals surface area contributed by atoms with Gasteiger partial charge in [0, 0.05) is 5.02 Å². The molecule has 0 saturated heterocycles. The Hall–Kier alpha value is -2.25. The Bertz CT molecular complexity index is 925. The molecule has 1 amide bonds. The number of rotatable bonds is 9. The van der Waals surface area contributed by atoms with Gasteiger partial charge in [0.2, 0.25) is 15.9 Å². The van der Waals surface area contributed by atoms with E-state index in [-0.39, 0.29) is 19.1 Å². The number of nitrogens with one attached hydrogen (secondary N) is 1. The fourth-order valence-corrected chi connectivity index (χ4v) is 4.46. The van der Waals surface area contributed by atoms with Crippen LogP contribution in [0.25, 0.3) is 0 Å². The van der Waals surface area contributed by atoms with Crippen molar-refractivity contribution in [1.29, 1.82) is 0 Å². The lowest BCUT2D eigenvalue weighted by atomic mass is 10.1. The van der Waals surface area contributed by atoms with E-state index in [0.29, 0.717) is 17.1 Å². The summed E-state index contributed by atoms with van der Waals surface area (Å²) >= 11 is 5.90. The van der Waals surface area contributed by atoms with Crippen molar-refractivity contribution in [3.05, 3.63) is 58.6 Å². The third-order valence-electron chi connectivity index (χ3n) is 4.28. The molecule has 2 rings (SSSR count). The fraction of sp³-hybridized carbons (Fsp3) is 0.381. The molecule has 0 spiro atoms. The largest absolute Gasteiger partial charge is 0.492 e. The second kappa shape index (κ2) is 9.98. The van der Waals surface area contributed by atoms with Crippen LogP contribution in [-0.2, 0) is 14.8 Å². The van der Waals surface area contributed by atoms with Gasteiger partial charge < -0.3 is 10.1 Å². The van der Waals surface area contributed by atoms with E-state index in [1.165, 1.54) is 0 Å². The molecule has 0 fully saturated rings. The van der Waals surface area contributed by atoms with Gasteiger partial charge in [-0.1, -0.05) is 24.6 Å². The average molecular weight is 439 g/mol. The summed E-state index contributed by atoms with van der Waals surface area (Å²) in [5.74, 6) is 0.361. The summed E-state index contributed by atoms with van der Waals surface area (Å²) in [7, 11) is -3.67. The van der Waals surface area contributed by atoms with Crippen molar-refractivity contribution in [3.8, 4) is 5.75 Å². The summed E-state index contributed by atoms with van der Waals surface area (Å²) in [6.45, 7) is 6.30. The van der Waals surface area contributed by atoms with Crippen LogP contribution in [0.15, 0.2) is 42.5 Å². The molecule has 2 aromatic carbocycles. The van der Waals surface area contributed by atoms with Crippen LogP contribution in [0.1, 0.15) is 24.5 Å². The average Bonchev–Trinajstić information content (AvgIpc) is 2.62. The van der Waals surface area contributed by atoms with Gasteiger partial charge in [-0.15, -0.1) is 0 Å². The van der Waals surface area contributed by atoms with Crippen LogP contribution in [0.3, 0.4) is 0 Å². The van der Waals surface area contributed by atoms with Gasteiger partial charge in [-0.25, -0.2) is 8.42 Å². The van der Waals surface area contributed by atoms with Crippen molar-refractivity contribution in [3.63, 3.8) is 0 Å². The van der Waals surface area contributed by atoms with E-state index in [2.05, 4.69) is 11.4 Å². The van der Waals surface area contributed by atoms with Crippen LogP contribution in [0.2, 0.25) is 5.02 Å². The highest BCUT2D eigenvalue weighted by Crippen LogP contribution is 2.24. The van der Waals surface area contributed by atoms with Gasteiger partial charge in [0.1, 0.15) is 18.4 Å². The molecule has 0 aliphatic heterocycles. The molecule has 1 unspecified atom stereocenters. The number of carbonyl (C=O) groups excluding carboxylic acids is 1. The van der Waals surface area contributed by atoms with E-state index in [1.807, 2.05) is 26.0 Å². The molecular formula is C21H27ClN2O4S. The molecule has 0 radical (unpaired) electrons. The van der Waals surface area contributed by atoms with Crippen molar-refractivity contribution in [1.82, 2.24) is 5.32 Å². The standard InChI is InChI=1S/C21H27ClN2O4S/c1-5-20(24(29(4,26)27)18-8-6-17(22)7-9-18)21(25)23-10-11-28-19-13-15(2)12-16(3)14-19/h6-9,12-14,20H,5,10-11H2,1-4H3,(H,23,25). The Morgan fingerprint density at radius 2 is 1.72 bits per heavy atom. The van der Waals surface area contributed by atoms with E-state index in [0.717, 1.165) is 27.4 Å². The molecule has 0 aliphatic carbocycles. The Labute approximate surface area is 177 Å². The Morgan fingerprint density at radius 1 is 1.14 bits per heavy atom. The molecule has 0 aromatic heterocycles. The van der Waals surface area contributed by atoms with Crippen LogP contribution in [0, 0.1) is 13.8 Å². The first kappa shape index (κ1) is 23.0. The number of amides is 1. The van der Waals surface area contributed by atoms with Crippen molar-refractivity contribution in [2.45, 2.75) is 33.2 Å². The SMILES string of the molecule is CCC(C(=O)NCCOc1cc(C)cc(C)c1)N(c1ccc(Cl)cc1)S(C)(=O)=O. The fourth-order valence-electron chi connectivity index (χ4n) is 3.13. The maximum Gasteiger partial charge on any atom is 0.244 e. The summed E-state index contributed by atoms with van der Waals surface area (Å²) < 4.78 is 31.6. The number of anilines is 1. The Morgan fingerprint density at radius 3 is 2.24 bits per heavy atom. The Kier molecular flexibility index (Phi) is 7.93. The smallest absolute Gasteiger partial charge is 0.244 e. The molecule has 6 nitrogen and oxygen atoms in total. The van der Waals surface area contributed by atoms with E-state index in [1.54, 1.807) is 31.2 Å². The summed E-state index contributed by atoms with van der Waals surface area (Å²) in [5.41, 5.74) is 2.59. The van der Waals surface area contributed by atoms with Crippen LogP contribution in [0.4, 0.5) is 5.69 Å². The number of carbonyl (C=O) groups is 1. The van der Waals surface area contributed by atoms with Crippen LogP contribution >= 0.6 is 11.6 Å². The monoisotopic (exact) mass is 438 g/mol. The molecule has 0 heterocycles. The highest BCUT2D eigenvalue weighted by atomic mass is 35.5. The van der Waals surface area contributed by atoms with Crippen LogP contribution in [0.5, 0.6) is 5.75 Å². The molecule has 1 N–H and O–H groups in total. The summed E-state index contributed by atoms with van der Waals surface area (Å²) in [6.07, 6.45) is 1.40. The van der Waals surface area contributed by atoms with Crippen molar-refractivity contribution in [2.75, 3.05) is 23.7 Å². The molecule has 29 heavy (non-hydrogen) atoms. The Balaban J connectivity index is 2.04. The maximum atomic E-state index is 12.7. The number of benzene rings is 2. The molecule has 0 bridgehead atoms. The predicted molar refractivity (Wildman–Crippen MR) is 117 cm³/mol. The van der Waals surface area contributed by atoms with E-state index in [9.17, 15) is 13.2 Å². The van der Waals surface area contributed by atoms with Crippen LogP contribution < -0.4 is 14.4 Å². The van der Waals surface area contributed by atoms with Crippen molar-refractivity contribution >= 4 is 33.2 Å². The zero-order valence-corrected chi connectivity index (χ0v) is 18.7. The summed E-state index contributed by atoms with van der Waals surface area (Å²) in [6, 6.07) is 11.4. The first-order chi connectivity index (χ1) is 13.6. The lowest BCUT2D eigenvalue weighted by Gasteiger charge is -2.30. The van der Waals surface area contributed by atoms with Gasteiger partial charge in [-0.05, 0) is 67.8 Å². The highest BCUT2D eigenvalue weighted by molar-refractivity contribution is 7.92. The van der Waals surface area contributed by atoms with E-state index < -0.39 is 16.1 Å². The minimum Gasteiger partial charge on any atom is -0.492 e. The molecule has 0 saturated carbocycles. The number of sulfonamides is 1. The normalized spacial score (nSPS) is 12.3. The molecule has 2 aromatic rings. The van der Waals surface area contributed by atoms with Crippen molar-refractivity contribution in [2.24, 2.45) is 0 Å². The summed E-state index contributed by atoms with van der Waals surface area (Å²) in [5, 5.41) is 3.26. The van der Waals surface area contributed by atoms with Gasteiger partial charge in [-0.3, -0.25) is 9.10 Å². The topological polar surface area (TPSA) is 75.7 Å². The van der Waals surface area contributed by atoms with Gasteiger partial charge in [0.05, 0.1) is 18.5 Å². The quantitative estimate of drug-likeness (QED) is 0.606. The summed E-state index contributed by atoms with van der Waals surface area (Å²) in [4.78, 5) is 12.7. The molecular weight excluding hydrogens is 412 g/mol. The zero-order chi connectivity index (χ0) is 21.6. The lowest BCUT2D eigenvalue weighted by Crippen LogP contribution is -2.50. The third kappa shape index (κ3) is 6.65. The van der Waals surface area contributed by atoms with Gasteiger partial charge in [0.25, 0.3) is 0 Å². The van der Waals surface area contributed by atoms with Gasteiger partial charge >= 0.3 is 0 Å². The number of aryl methyl sites for hydroxylation is 2. The minimum absolute atomic E-state index is 0.264. The number of nitrogens with zero attached hydrogens (tertiary/aromatic N) is 1. The van der Waals surface area contributed by atoms with Crippen molar-refractivity contribution < 1.29 is 17.9 Å². The van der Waals surface area contributed by atoms with E-state index in [4.69, 9.17) is 16.3 Å². The number of halogens is 1. The number of hydrogen-bond donors (Lipinski definition) is 1. The molecule has 1 atom stereocenters. The third-order valence-corrected chi connectivity index (χ3v) is 5.71. The first-order valence-electron chi connectivity index (χ1n) is 9.35. The first-order valence-corrected chi connectivity index (χ1v) is 11.6.